The lowest BCUT2D eigenvalue weighted by atomic mass is 10.00. The molecule has 2 heterocycles. The van der Waals surface area contributed by atoms with Crippen molar-refractivity contribution < 1.29 is 9.21 Å². The predicted molar refractivity (Wildman–Crippen MR) is 84.8 cm³/mol. The zero-order chi connectivity index (χ0) is 15.0. The molecule has 1 aromatic heterocycles. The van der Waals surface area contributed by atoms with Crippen LogP contribution < -0.4 is 0 Å². The SMILES string of the molecule is CC1=CN=C(CC(=O)Cc2coc3c(C)c(C)ccc23)C1. The minimum Gasteiger partial charge on any atom is -0.464 e. The molecule has 0 amide bonds. The van der Waals surface area contributed by atoms with Gasteiger partial charge in [0.1, 0.15) is 11.4 Å². The number of nitrogens with zero attached hydrogens (tertiary/aromatic N) is 1. The quantitative estimate of drug-likeness (QED) is 0.838. The number of rotatable bonds is 4. The van der Waals surface area contributed by atoms with Gasteiger partial charge in [0.2, 0.25) is 0 Å². The van der Waals surface area contributed by atoms with Gasteiger partial charge >= 0.3 is 0 Å². The van der Waals surface area contributed by atoms with E-state index in [2.05, 4.69) is 24.9 Å². The molecule has 0 bridgehead atoms. The molecule has 3 nitrogen and oxygen atoms in total. The maximum absolute atomic E-state index is 12.2. The standard InChI is InChI=1S/C18H19NO2/c1-11-6-15(19-9-11)8-16(20)7-14-10-21-18-13(3)12(2)4-5-17(14)18/h4-5,9-10H,6-8H2,1-3H3. The Kier molecular flexibility index (Phi) is 3.50. The first-order valence-electron chi connectivity index (χ1n) is 7.24. The second-order valence-corrected chi connectivity index (χ2v) is 5.88. The lowest BCUT2D eigenvalue weighted by molar-refractivity contribution is -0.117. The van der Waals surface area contributed by atoms with Crippen molar-refractivity contribution in [1.29, 1.82) is 0 Å². The maximum Gasteiger partial charge on any atom is 0.143 e. The third-order valence-electron chi connectivity index (χ3n) is 4.08. The van der Waals surface area contributed by atoms with Crippen LogP contribution in [-0.2, 0) is 11.2 Å². The number of Topliss-reactive ketones (excluding diaryl/α,β-unsaturated/α-hetero) is 1. The van der Waals surface area contributed by atoms with Crippen LogP contribution in [0.3, 0.4) is 0 Å². The number of benzene rings is 1. The highest BCUT2D eigenvalue weighted by molar-refractivity contribution is 6.05. The fourth-order valence-electron chi connectivity index (χ4n) is 2.75. The molecule has 1 aliphatic rings. The zero-order valence-corrected chi connectivity index (χ0v) is 12.7. The van der Waals surface area contributed by atoms with Gasteiger partial charge in [-0.15, -0.1) is 0 Å². The highest BCUT2D eigenvalue weighted by Crippen LogP contribution is 2.27. The molecule has 1 aromatic carbocycles. The molecule has 3 heteroatoms. The summed E-state index contributed by atoms with van der Waals surface area (Å²) in [5.41, 5.74) is 6.41. The Morgan fingerprint density at radius 1 is 1.24 bits per heavy atom. The third kappa shape index (κ3) is 2.68. The Morgan fingerprint density at radius 2 is 2.05 bits per heavy atom. The summed E-state index contributed by atoms with van der Waals surface area (Å²) in [6, 6.07) is 4.12. The van der Waals surface area contributed by atoms with E-state index in [9.17, 15) is 4.79 Å². The first-order chi connectivity index (χ1) is 10.0. The smallest absolute Gasteiger partial charge is 0.143 e. The molecule has 0 saturated carbocycles. The topological polar surface area (TPSA) is 42.6 Å². The van der Waals surface area contributed by atoms with Crippen LogP contribution in [0.1, 0.15) is 36.5 Å². The van der Waals surface area contributed by atoms with Crippen molar-refractivity contribution in [3.8, 4) is 0 Å². The number of fused-ring (bicyclic) bond motifs is 1. The number of hydrogen-bond donors (Lipinski definition) is 0. The van der Waals surface area contributed by atoms with Crippen molar-refractivity contribution in [3.05, 3.63) is 46.9 Å². The van der Waals surface area contributed by atoms with Gasteiger partial charge in [-0.25, -0.2) is 0 Å². The fourth-order valence-corrected chi connectivity index (χ4v) is 2.75. The molecule has 2 aromatic rings. The molecule has 0 radical (unpaired) electrons. The minimum atomic E-state index is 0.192. The molecule has 0 saturated heterocycles. The lowest BCUT2D eigenvalue weighted by Crippen LogP contribution is -2.09. The number of aliphatic imine (C=N–C) groups is 1. The van der Waals surface area contributed by atoms with Crippen LogP contribution in [0.25, 0.3) is 11.0 Å². The normalized spacial score (nSPS) is 14.4. The van der Waals surface area contributed by atoms with E-state index < -0.39 is 0 Å². The summed E-state index contributed by atoms with van der Waals surface area (Å²) in [6.07, 6.45) is 5.24. The average Bonchev–Trinajstić information content (AvgIpc) is 3.01. The van der Waals surface area contributed by atoms with Crippen LogP contribution >= 0.6 is 0 Å². The van der Waals surface area contributed by atoms with Crippen molar-refractivity contribution in [2.75, 3.05) is 0 Å². The molecule has 0 unspecified atom stereocenters. The Hall–Kier alpha value is -2.16. The van der Waals surface area contributed by atoms with Crippen LogP contribution in [0.5, 0.6) is 0 Å². The van der Waals surface area contributed by atoms with E-state index in [1.54, 1.807) is 6.26 Å². The van der Waals surface area contributed by atoms with Crippen molar-refractivity contribution in [3.63, 3.8) is 0 Å². The number of ketones is 1. The van der Waals surface area contributed by atoms with Crippen LogP contribution in [-0.4, -0.2) is 11.5 Å². The Morgan fingerprint density at radius 3 is 2.76 bits per heavy atom. The summed E-state index contributed by atoms with van der Waals surface area (Å²) in [7, 11) is 0. The van der Waals surface area contributed by atoms with Gasteiger partial charge in [-0.2, -0.15) is 0 Å². The van der Waals surface area contributed by atoms with E-state index in [0.717, 1.165) is 34.2 Å². The van der Waals surface area contributed by atoms with Gasteiger partial charge in [0, 0.05) is 42.1 Å². The van der Waals surface area contributed by atoms with Gasteiger partial charge in [0.05, 0.1) is 6.26 Å². The monoisotopic (exact) mass is 281 g/mol. The number of allylic oxidation sites excluding steroid dienone is 1. The van der Waals surface area contributed by atoms with Gasteiger partial charge in [0.25, 0.3) is 0 Å². The number of aryl methyl sites for hydroxylation is 2. The van der Waals surface area contributed by atoms with Crippen molar-refractivity contribution in [1.82, 2.24) is 0 Å². The van der Waals surface area contributed by atoms with Crippen LogP contribution in [0, 0.1) is 13.8 Å². The third-order valence-corrected chi connectivity index (χ3v) is 4.08. The number of hydrogen-bond acceptors (Lipinski definition) is 3. The molecule has 3 rings (SSSR count). The van der Waals surface area contributed by atoms with E-state index in [1.807, 2.05) is 19.2 Å². The highest BCUT2D eigenvalue weighted by atomic mass is 16.3. The largest absolute Gasteiger partial charge is 0.464 e. The van der Waals surface area contributed by atoms with Gasteiger partial charge in [0.15, 0.2) is 0 Å². The summed E-state index contributed by atoms with van der Waals surface area (Å²) < 4.78 is 5.66. The molecule has 0 atom stereocenters. The Labute approximate surface area is 124 Å². The van der Waals surface area contributed by atoms with Gasteiger partial charge in [-0.1, -0.05) is 12.1 Å². The van der Waals surface area contributed by atoms with Crippen molar-refractivity contribution in [2.45, 2.75) is 40.0 Å². The molecule has 1 aliphatic heterocycles. The molecular formula is C18H19NO2. The Balaban J connectivity index is 1.76. The van der Waals surface area contributed by atoms with Crippen molar-refractivity contribution >= 4 is 22.5 Å². The number of carbonyl (C=O) groups excluding carboxylic acids is 1. The Bertz CT molecular complexity index is 778. The van der Waals surface area contributed by atoms with Crippen LogP contribution in [0.4, 0.5) is 0 Å². The van der Waals surface area contributed by atoms with Gasteiger partial charge < -0.3 is 4.42 Å². The highest BCUT2D eigenvalue weighted by Gasteiger charge is 2.16. The van der Waals surface area contributed by atoms with Gasteiger partial charge in [-0.05, 0) is 37.5 Å². The second-order valence-electron chi connectivity index (χ2n) is 5.88. The van der Waals surface area contributed by atoms with Gasteiger partial charge in [-0.3, -0.25) is 9.79 Å². The summed E-state index contributed by atoms with van der Waals surface area (Å²) in [4.78, 5) is 16.5. The lowest BCUT2D eigenvalue weighted by Gasteiger charge is -2.02. The summed E-state index contributed by atoms with van der Waals surface area (Å²) in [6.45, 7) is 6.15. The summed E-state index contributed by atoms with van der Waals surface area (Å²) in [5.74, 6) is 0.192. The first-order valence-corrected chi connectivity index (χ1v) is 7.24. The fraction of sp³-hybridized carbons (Fsp3) is 0.333. The minimum absolute atomic E-state index is 0.192. The molecule has 0 aliphatic carbocycles. The number of furan rings is 1. The summed E-state index contributed by atoms with van der Waals surface area (Å²) >= 11 is 0. The number of carbonyl (C=O) groups is 1. The van der Waals surface area contributed by atoms with E-state index in [0.29, 0.717) is 12.8 Å². The molecule has 21 heavy (non-hydrogen) atoms. The zero-order valence-electron chi connectivity index (χ0n) is 12.7. The van der Waals surface area contributed by atoms with Crippen LogP contribution in [0.2, 0.25) is 0 Å². The predicted octanol–water partition coefficient (Wildman–Crippen LogP) is 4.30. The molecule has 0 fully saturated rings. The van der Waals surface area contributed by atoms with E-state index in [4.69, 9.17) is 4.42 Å². The van der Waals surface area contributed by atoms with Crippen LogP contribution in [0.15, 0.2) is 39.6 Å². The maximum atomic E-state index is 12.2. The van der Waals surface area contributed by atoms with E-state index in [1.165, 1.54) is 11.1 Å². The first kappa shape index (κ1) is 13.8. The molecule has 0 spiro atoms. The molecular weight excluding hydrogens is 262 g/mol. The molecule has 0 N–H and O–H groups in total. The van der Waals surface area contributed by atoms with Crippen molar-refractivity contribution in [2.24, 2.45) is 4.99 Å². The average molecular weight is 281 g/mol. The van der Waals surface area contributed by atoms with E-state index >= 15 is 0 Å². The second kappa shape index (κ2) is 5.32. The molecule has 108 valence electrons. The summed E-state index contributed by atoms with van der Waals surface area (Å²) in [5, 5.41) is 1.05. The van der Waals surface area contributed by atoms with E-state index in [-0.39, 0.29) is 5.78 Å².